The SMILES string of the molecule is C=CCC(O[Si](C(C)C)C(C)C)c1ccccc1. The Kier molecular flexibility index (Phi) is 6.37. The summed E-state index contributed by atoms with van der Waals surface area (Å²) >= 11 is 0. The highest BCUT2D eigenvalue weighted by atomic mass is 28.3. The molecule has 0 saturated carbocycles. The number of hydrogen-bond acceptors (Lipinski definition) is 1. The van der Waals surface area contributed by atoms with E-state index in [0.717, 1.165) is 6.42 Å². The number of benzene rings is 1. The zero-order valence-electron chi connectivity index (χ0n) is 12.0. The largest absolute Gasteiger partial charge is 0.409 e. The molecule has 1 rings (SSSR count). The van der Waals surface area contributed by atoms with E-state index in [4.69, 9.17) is 4.43 Å². The van der Waals surface area contributed by atoms with E-state index < -0.39 is 9.04 Å². The topological polar surface area (TPSA) is 9.23 Å². The summed E-state index contributed by atoms with van der Waals surface area (Å²) in [5.41, 5.74) is 2.53. The molecule has 18 heavy (non-hydrogen) atoms. The van der Waals surface area contributed by atoms with E-state index in [9.17, 15) is 0 Å². The summed E-state index contributed by atoms with van der Waals surface area (Å²) in [5.74, 6) is 0. The minimum absolute atomic E-state index is 0.169. The molecule has 0 spiro atoms. The monoisotopic (exact) mass is 261 g/mol. The molecule has 0 aromatic heterocycles. The lowest BCUT2D eigenvalue weighted by atomic mass is 10.1. The van der Waals surface area contributed by atoms with Crippen molar-refractivity contribution in [3.05, 3.63) is 48.6 Å². The first-order chi connectivity index (χ1) is 8.56. The van der Waals surface area contributed by atoms with E-state index in [1.165, 1.54) is 5.56 Å². The molecular weight excluding hydrogens is 236 g/mol. The zero-order valence-corrected chi connectivity index (χ0v) is 13.0. The molecule has 1 unspecified atom stereocenters. The maximum Gasteiger partial charge on any atom is 0.217 e. The third kappa shape index (κ3) is 4.43. The van der Waals surface area contributed by atoms with Gasteiger partial charge in [-0.2, -0.15) is 0 Å². The molecule has 1 atom stereocenters. The van der Waals surface area contributed by atoms with E-state index in [1.54, 1.807) is 0 Å². The molecule has 1 radical (unpaired) electrons. The van der Waals surface area contributed by atoms with Gasteiger partial charge in [-0.1, -0.05) is 64.1 Å². The van der Waals surface area contributed by atoms with Crippen molar-refractivity contribution >= 4 is 9.04 Å². The quantitative estimate of drug-likeness (QED) is 0.488. The molecule has 0 fully saturated rings. The van der Waals surface area contributed by atoms with Crippen molar-refractivity contribution in [3.63, 3.8) is 0 Å². The van der Waals surface area contributed by atoms with Crippen molar-refractivity contribution in [2.24, 2.45) is 0 Å². The third-order valence-corrected chi connectivity index (χ3v) is 5.80. The minimum atomic E-state index is -0.794. The molecule has 0 amide bonds. The molecule has 0 N–H and O–H groups in total. The molecule has 1 aromatic rings. The first-order valence-corrected chi connectivity index (χ1v) is 8.31. The van der Waals surface area contributed by atoms with E-state index in [1.807, 2.05) is 12.1 Å². The van der Waals surface area contributed by atoms with Gasteiger partial charge in [0.15, 0.2) is 0 Å². The molecule has 0 aliphatic rings. The molecule has 1 aromatic carbocycles. The van der Waals surface area contributed by atoms with Gasteiger partial charge in [0.2, 0.25) is 9.04 Å². The first kappa shape index (κ1) is 15.2. The number of rotatable bonds is 7. The lowest BCUT2D eigenvalue weighted by Crippen LogP contribution is -2.27. The fourth-order valence-electron chi connectivity index (χ4n) is 2.17. The highest BCUT2D eigenvalue weighted by Gasteiger charge is 2.26. The lowest BCUT2D eigenvalue weighted by Gasteiger charge is -2.28. The molecule has 0 aliphatic carbocycles. The van der Waals surface area contributed by atoms with Gasteiger partial charge in [-0.3, -0.25) is 0 Å². The summed E-state index contributed by atoms with van der Waals surface area (Å²) < 4.78 is 6.43. The van der Waals surface area contributed by atoms with Crippen LogP contribution in [0.5, 0.6) is 0 Å². The van der Waals surface area contributed by atoms with Gasteiger partial charge >= 0.3 is 0 Å². The Morgan fingerprint density at radius 2 is 1.67 bits per heavy atom. The summed E-state index contributed by atoms with van der Waals surface area (Å²) in [4.78, 5) is 0. The summed E-state index contributed by atoms with van der Waals surface area (Å²) in [6.45, 7) is 12.9. The highest BCUT2D eigenvalue weighted by Crippen LogP contribution is 2.29. The zero-order chi connectivity index (χ0) is 13.5. The predicted molar refractivity (Wildman–Crippen MR) is 81.0 cm³/mol. The van der Waals surface area contributed by atoms with Crippen molar-refractivity contribution in [2.75, 3.05) is 0 Å². The second-order valence-electron chi connectivity index (χ2n) is 5.25. The fourth-order valence-corrected chi connectivity index (χ4v) is 4.61. The Hall–Kier alpha value is -0.863. The maximum atomic E-state index is 6.43. The summed E-state index contributed by atoms with van der Waals surface area (Å²) in [7, 11) is -0.794. The van der Waals surface area contributed by atoms with Gasteiger partial charge in [0.1, 0.15) is 0 Å². The van der Waals surface area contributed by atoms with Crippen LogP contribution in [0.4, 0.5) is 0 Å². The molecule has 1 nitrogen and oxygen atoms in total. The van der Waals surface area contributed by atoms with Crippen LogP contribution in [0, 0.1) is 0 Å². The van der Waals surface area contributed by atoms with Crippen LogP contribution in [-0.2, 0) is 4.43 Å². The first-order valence-electron chi connectivity index (χ1n) is 6.75. The molecule has 2 heteroatoms. The third-order valence-electron chi connectivity index (χ3n) is 2.97. The second kappa shape index (κ2) is 7.55. The standard InChI is InChI=1S/C16H25OSi/c1-6-10-16(15-11-8-7-9-12-15)17-18(13(2)3)14(4)5/h6-9,11-14,16H,1,10H2,2-5H3. The predicted octanol–water partition coefficient (Wildman–Crippen LogP) is 5.13. The molecular formula is C16H25OSi. The highest BCUT2D eigenvalue weighted by molar-refractivity contribution is 6.55. The van der Waals surface area contributed by atoms with Gasteiger partial charge in [0.25, 0.3) is 0 Å². The van der Waals surface area contributed by atoms with E-state index in [0.29, 0.717) is 11.1 Å². The Balaban J connectivity index is 2.82. The Morgan fingerprint density at radius 1 is 1.11 bits per heavy atom. The van der Waals surface area contributed by atoms with Crippen molar-refractivity contribution < 1.29 is 4.43 Å². The van der Waals surface area contributed by atoms with E-state index in [-0.39, 0.29) is 6.10 Å². The van der Waals surface area contributed by atoms with Gasteiger partial charge in [0.05, 0.1) is 6.10 Å². The normalized spacial score (nSPS) is 13.3. The van der Waals surface area contributed by atoms with Crippen LogP contribution in [0.1, 0.15) is 45.8 Å². The van der Waals surface area contributed by atoms with Crippen LogP contribution in [0.3, 0.4) is 0 Å². The van der Waals surface area contributed by atoms with E-state index >= 15 is 0 Å². The van der Waals surface area contributed by atoms with Crippen LogP contribution in [0.25, 0.3) is 0 Å². The van der Waals surface area contributed by atoms with Gasteiger partial charge < -0.3 is 4.43 Å². The maximum absolute atomic E-state index is 6.43. The minimum Gasteiger partial charge on any atom is -0.409 e. The average Bonchev–Trinajstić information content (AvgIpc) is 2.34. The van der Waals surface area contributed by atoms with Crippen LogP contribution in [0.15, 0.2) is 43.0 Å². The average molecular weight is 261 g/mol. The summed E-state index contributed by atoms with van der Waals surface area (Å²) in [6, 6.07) is 10.5. The Labute approximate surface area is 114 Å². The van der Waals surface area contributed by atoms with Crippen LogP contribution >= 0.6 is 0 Å². The lowest BCUT2D eigenvalue weighted by molar-refractivity contribution is 0.200. The molecule has 0 heterocycles. The van der Waals surface area contributed by atoms with Gasteiger partial charge in [-0.25, -0.2) is 0 Å². The smallest absolute Gasteiger partial charge is 0.217 e. The summed E-state index contributed by atoms with van der Waals surface area (Å²) in [6.07, 6.45) is 3.01. The second-order valence-corrected chi connectivity index (χ2v) is 8.60. The van der Waals surface area contributed by atoms with Crippen molar-refractivity contribution in [1.29, 1.82) is 0 Å². The van der Waals surface area contributed by atoms with Crippen molar-refractivity contribution in [1.82, 2.24) is 0 Å². The number of hydrogen-bond donors (Lipinski definition) is 0. The van der Waals surface area contributed by atoms with Gasteiger partial charge in [-0.05, 0) is 23.1 Å². The molecule has 0 aliphatic heterocycles. The van der Waals surface area contributed by atoms with Crippen molar-refractivity contribution in [2.45, 2.75) is 51.3 Å². The Morgan fingerprint density at radius 3 is 2.11 bits per heavy atom. The summed E-state index contributed by atoms with van der Waals surface area (Å²) in [5, 5.41) is 0. The van der Waals surface area contributed by atoms with Crippen molar-refractivity contribution in [3.8, 4) is 0 Å². The van der Waals surface area contributed by atoms with E-state index in [2.05, 4.69) is 58.5 Å². The van der Waals surface area contributed by atoms with Gasteiger partial charge in [0, 0.05) is 0 Å². The van der Waals surface area contributed by atoms with Crippen LogP contribution < -0.4 is 0 Å². The van der Waals surface area contributed by atoms with Crippen LogP contribution in [0.2, 0.25) is 11.1 Å². The Bertz CT molecular complexity index is 337. The molecule has 0 saturated heterocycles. The van der Waals surface area contributed by atoms with Gasteiger partial charge in [-0.15, -0.1) is 6.58 Å². The fraction of sp³-hybridized carbons (Fsp3) is 0.500. The molecule has 0 bridgehead atoms. The van der Waals surface area contributed by atoms with Crippen LogP contribution in [-0.4, -0.2) is 9.04 Å². The molecule has 99 valence electrons.